The molecule has 1 atom stereocenters. The van der Waals surface area contributed by atoms with Crippen LogP contribution in [0, 0.1) is 0 Å². The van der Waals surface area contributed by atoms with Crippen LogP contribution in [0.3, 0.4) is 0 Å². The quantitative estimate of drug-likeness (QED) is 0.781. The summed E-state index contributed by atoms with van der Waals surface area (Å²) in [5.74, 6) is -0.328. The van der Waals surface area contributed by atoms with Gasteiger partial charge in [-0.3, -0.25) is 9.59 Å². The Morgan fingerprint density at radius 3 is 2.68 bits per heavy atom. The van der Waals surface area contributed by atoms with Crippen LogP contribution in [-0.2, 0) is 16.0 Å². The molecule has 6 heteroatoms. The van der Waals surface area contributed by atoms with E-state index in [0.717, 1.165) is 50.1 Å². The molecule has 1 unspecified atom stereocenters. The molecule has 1 aromatic heterocycles. The molecule has 2 amide bonds. The molecule has 0 bridgehead atoms. The highest BCUT2D eigenvalue weighted by Crippen LogP contribution is 2.34. The van der Waals surface area contributed by atoms with Gasteiger partial charge in [0.2, 0.25) is 0 Å². The Morgan fingerprint density at radius 2 is 1.89 bits per heavy atom. The Balaban J connectivity index is 1.41. The average molecular weight is 381 g/mol. The molecule has 0 radical (unpaired) electrons. The lowest BCUT2D eigenvalue weighted by Crippen LogP contribution is -2.47. The second-order valence-electron chi connectivity index (χ2n) is 7.62. The van der Waals surface area contributed by atoms with Crippen molar-refractivity contribution in [2.45, 2.75) is 50.6 Å². The molecule has 4 rings (SSSR count). The Bertz CT molecular complexity index is 812. The molecule has 1 fully saturated rings. The van der Waals surface area contributed by atoms with Gasteiger partial charge in [0.1, 0.15) is 11.8 Å². The van der Waals surface area contributed by atoms with Gasteiger partial charge in [-0.15, -0.1) is 0 Å². The maximum Gasteiger partial charge on any atom is 0.309 e. The second-order valence-corrected chi connectivity index (χ2v) is 7.62. The smallest absolute Gasteiger partial charge is 0.309 e. The number of para-hydroxylation sites is 1. The lowest BCUT2D eigenvalue weighted by Gasteiger charge is -2.29. The molecule has 1 aliphatic carbocycles. The van der Waals surface area contributed by atoms with E-state index in [2.05, 4.69) is 27.7 Å². The lowest BCUT2D eigenvalue weighted by atomic mass is 9.95. The Kier molecular flexibility index (Phi) is 5.65. The summed E-state index contributed by atoms with van der Waals surface area (Å²) in [6.07, 6.45) is 7.95. The molecule has 148 valence electrons. The molecular formula is C22H27N3O3. The number of rotatable bonds is 5. The van der Waals surface area contributed by atoms with Crippen molar-refractivity contribution in [2.24, 2.45) is 0 Å². The van der Waals surface area contributed by atoms with Crippen molar-refractivity contribution in [3.05, 3.63) is 54.0 Å². The number of carbonyl (C=O) groups is 2. The van der Waals surface area contributed by atoms with Gasteiger partial charge in [-0.25, -0.2) is 0 Å². The Hall–Kier alpha value is -2.76. The SMILES string of the molecule is O=C(NCC(c1ccco1)N1CCc2ccccc21)C(=O)NC1CCCCC1. The van der Waals surface area contributed by atoms with Crippen molar-refractivity contribution in [1.82, 2.24) is 10.6 Å². The van der Waals surface area contributed by atoms with Crippen molar-refractivity contribution >= 4 is 17.5 Å². The predicted molar refractivity (Wildman–Crippen MR) is 107 cm³/mol. The van der Waals surface area contributed by atoms with Crippen LogP contribution in [0.25, 0.3) is 0 Å². The fraction of sp³-hybridized carbons (Fsp3) is 0.455. The van der Waals surface area contributed by atoms with E-state index >= 15 is 0 Å². The maximum absolute atomic E-state index is 12.4. The summed E-state index contributed by atoms with van der Waals surface area (Å²) in [6.45, 7) is 1.17. The molecule has 1 saturated carbocycles. The molecule has 0 saturated heterocycles. The molecular weight excluding hydrogens is 354 g/mol. The molecule has 6 nitrogen and oxygen atoms in total. The number of amides is 2. The monoisotopic (exact) mass is 381 g/mol. The fourth-order valence-electron chi connectivity index (χ4n) is 4.30. The van der Waals surface area contributed by atoms with Crippen LogP contribution in [0.15, 0.2) is 47.1 Å². The van der Waals surface area contributed by atoms with Gasteiger partial charge in [0.25, 0.3) is 0 Å². The van der Waals surface area contributed by atoms with E-state index in [0.29, 0.717) is 6.54 Å². The first-order chi connectivity index (χ1) is 13.7. The zero-order chi connectivity index (χ0) is 19.3. The van der Waals surface area contributed by atoms with Crippen LogP contribution in [-0.4, -0.2) is 30.9 Å². The first-order valence-corrected chi connectivity index (χ1v) is 10.2. The van der Waals surface area contributed by atoms with Gasteiger partial charge in [0.15, 0.2) is 0 Å². The molecule has 2 heterocycles. The number of nitrogens with one attached hydrogen (secondary N) is 2. The zero-order valence-electron chi connectivity index (χ0n) is 16.0. The van der Waals surface area contributed by atoms with Gasteiger partial charge in [-0.2, -0.15) is 0 Å². The average Bonchev–Trinajstić information content (AvgIpc) is 3.40. The summed E-state index contributed by atoms with van der Waals surface area (Å²) in [5.41, 5.74) is 2.45. The molecule has 2 aromatic rings. The van der Waals surface area contributed by atoms with E-state index in [4.69, 9.17) is 4.42 Å². The summed E-state index contributed by atoms with van der Waals surface area (Å²) in [7, 11) is 0. The van der Waals surface area contributed by atoms with E-state index in [9.17, 15) is 9.59 Å². The van der Waals surface area contributed by atoms with Gasteiger partial charge in [-0.1, -0.05) is 37.5 Å². The number of carbonyl (C=O) groups excluding carboxylic acids is 2. The van der Waals surface area contributed by atoms with Gasteiger partial charge >= 0.3 is 11.8 Å². The minimum absolute atomic E-state index is 0.123. The molecule has 28 heavy (non-hydrogen) atoms. The minimum atomic E-state index is -0.574. The number of hydrogen-bond donors (Lipinski definition) is 2. The summed E-state index contributed by atoms with van der Waals surface area (Å²) < 4.78 is 5.64. The predicted octanol–water partition coefficient (Wildman–Crippen LogP) is 2.95. The first kappa shape index (κ1) is 18.6. The largest absolute Gasteiger partial charge is 0.467 e. The van der Waals surface area contributed by atoms with Crippen LogP contribution < -0.4 is 15.5 Å². The number of fused-ring (bicyclic) bond motifs is 1. The Morgan fingerprint density at radius 1 is 1.07 bits per heavy atom. The maximum atomic E-state index is 12.4. The van der Waals surface area contributed by atoms with Gasteiger partial charge < -0.3 is 20.0 Å². The number of benzene rings is 1. The summed E-state index contributed by atoms with van der Waals surface area (Å²) in [4.78, 5) is 26.9. The number of anilines is 1. The highest BCUT2D eigenvalue weighted by molar-refractivity contribution is 6.35. The van der Waals surface area contributed by atoms with Gasteiger partial charge in [-0.05, 0) is 43.0 Å². The van der Waals surface area contributed by atoms with Crippen LogP contribution in [0.1, 0.15) is 49.5 Å². The molecule has 2 aliphatic rings. The van der Waals surface area contributed by atoms with Gasteiger partial charge in [0.05, 0.1) is 6.26 Å². The first-order valence-electron chi connectivity index (χ1n) is 10.2. The lowest BCUT2D eigenvalue weighted by molar-refractivity contribution is -0.139. The van der Waals surface area contributed by atoms with E-state index in [1.807, 2.05) is 24.3 Å². The minimum Gasteiger partial charge on any atom is -0.467 e. The topological polar surface area (TPSA) is 74.6 Å². The second kappa shape index (κ2) is 8.50. The highest BCUT2D eigenvalue weighted by Gasteiger charge is 2.30. The summed E-state index contributed by atoms with van der Waals surface area (Å²) in [6, 6.07) is 12.0. The van der Waals surface area contributed by atoms with E-state index < -0.39 is 11.8 Å². The van der Waals surface area contributed by atoms with Crippen molar-refractivity contribution in [1.29, 1.82) is 0 Å². The molecule has 2 N–H and O–H groups in total. The van der Waals surface area contributed by atoms with Crippen molar-refractivity contribution < 1.29 is 14.0 Å². The summed E-state index contributed by atoms with van der Waals surface area (Å²) in [5, 5.41) is 5.69. The summed E-state index contributed by atoms with van der Waals surface area (Å²) >= 11 is 0. The zero-order valence-corrected chi connectivity index (χ0v) is 16.0. The number of nitrogens with zero attached hydrogens (tertiary/aromatic N) is 1. The van der Waals surface area contributed by atoms with Crippen LogP contribution in [0.4, 0.5) is 5.69 Å². The van der Waals surface area contributed by atoms with Gasteiger partial charge in [0, 0.05) is 24.8 Å². The third kappa shape index (κ3) is 4.06. The molecule has 0 spiro atoms. The molecule has 1 aliphatic heterocycles. The van der Waals surface area contributed by atoms with Crippen molar-refractivity contribution in [2.75, 3.05) is 18.0 Å². The third-order valence-electron chi connectivity index (χ3n) is 5.77. The normalized spacial score (nSPS) is 17.8. The van der Waals surface area contributed by atoms with Crippen molar-refractivity contribution in [3.63, 3.8) is 0 Å². The van der Waals surface area contributed by atoms with Crippen molar-refractivity contribution in [3.8, 4) is 0 Å². The van der Waals surface area contributed by atoms with E-state index in [-0.39, 0.29) is 12.1 Å². The van der Waals surface area contributed by atoms with E-state index in [1.54, 1.807) is 6.26 Å². The number of furan rings is 1. The highest BCUT2D eigenvalue weighted by atomic mass is 16.3. The van der Waals surface area contributed by atoms with Crippen LogP contribution in [0.2, 0.25) is 0 Å². The Labute approximate surface area is 165 Å². The van der Waals surface area contributed by atoms with E-state index in [1.165, 1.54) is 12.0 Å². The van der Waals surface area contributed by atoms with Crippen LogP contribution >= 0.6 is 0 Å². The van der Waals surface area contributed by atoms with Crippen LogP contribution in [0.5, 0.6) is 0 Å². The molecule has 1 aromatic carbocycles. The number of hydrogen-bond acceptors (Lipinski definition) is 4. The standard InChI is InChI=1S/C22H27N3O3/c26-21(22(27)24-17-8-2-1-3-9-17)23-15-19(20-11-6-14-28-20)25-13-12-16-7-4-5-10-18(16)25/h4-7,10-11,14,17,19H,1-3,8-9,12-13,15H2,(H,23,26)(H,24,27). The fourth-order valence-corrected chi connectivity index (χ4v) is 4.30. The third-order valence-corrected chi connectivity index (χ3v) is 5.77.